The standard InChI is InChI=1S/C28H25N5O2/c1-18(29-3)10-12-20-6-4-7-22(16-20)31-27(34)25-8-5-9-26(33-25)28(35)32-23-14-15-24-21(17-23)13-11-19(2)30-24/h4-17H,1-3H3,(H,31,34)(H,32,35)/p+1/b12-10-,29-18?. The highest BCUT2D eigenvalue weighted by molar-refractivity contribution is 6.05. The van der Waals surface area contributed by atoms with Crippen molar-refractivity contribution in [3.63, 3.8) is 0 Å². The molecule has 0 spiro atoms. The molecule has 0 atom stereocenters. The lowest BCUT2D eigenvalue weighted by Crippen LogP contribution is -2.30. The molecule has 4 aromatic rings. The summed E-state index contributed by atoms with van der Waals surface area (Å²) in [6.45, 7) is 3.85. The maximum absolute atomic E-state index is 12.8. The summed E-state index contributed by atoms with van der Waals surface area (Å²) in [4.78, 5) is 37.2. The number of H-pyrrole nitrogens is 1. The fraction of sp³-hybridized carbons (Fsp3) is 0.107. The van der Waals surface area contributed by atoms with Gasteiger partial charge in [0.25, 0.3) is 11.4 Å². The van der Waals surface area contributed by atoms with E-state index in [0.717, 1.165) is 27.9 Å². The topological polar surface area (TPSA) is 97.6 Å². The minimum Gasteiger partial charge on any atom is -0.317 e. The number of aromatic nitrogens is 2. The average Bonchev–Trinajstić information content (AvgIpc) is 2.87. The number of carbonyl (C=O) groups is 2. The fourth-order valence-corrected chi connectivity index (χ4v) is 3.45. The molecule has 0 saturated heterocycles. The molecule has 7 nitrogen and oxygen atoms in total. The molecular formula is C28H26N5O2+. The number of nitrogens with zero attached hydrogens (tertiary/aromatic N) is 2. The van der Waals surface area contributed by atoms with E-state index in [4.69, 9.17) is 0 Å². The van der Waals surface area contributed by atoms with Gasteiger partial charge in [0.1, 0.15) is 0 Å². The minimum absolute atomic E-state index is 0.269. The molecule has 2 aromatic carbocycles. The van der Waals surface area contributed by atoms with E-state index >= 15 is 0 Å². The number of aromatic amines is 1. The van der Waals surface area contributed by atoms with Gasteiger partial charge in [-0.15, -0.1) is 0 Å². The van der Waals surface area contributed by atoms with Gasteiger partial charge in [-0.3, -0.25) is 19.6 Å². The summed E-state index contributed by atoms with van der Waals surface area (Å²) >= 11 is 0. The molecule has 0 aliphatic carbocycles. The van der Waals surface area contributed by atoms with E-state index in [1.54, 1.807) is 31.3 Å². The molecule has 0 radical (unpaired) electrons. The summed E-state index contributed by atoms with van der Waals surface area (Å²) in [6.07, 6.45) is 3.84. The van der Waals surface area contributed by atoms with Crippen LogP contribution < -0.4 is 15.6 Å². The van der Waals surface area contributed by atoms with Crippen molar-refractivity contribution in [2.24, 2.45) is 4.99 Å². The summed E-state index contributed by atoms with van der Waals surface area (Å²) in [6, 6.07) is 21.8. The molecule has 0 aliphatic rings. The third-order valence-electron chi connectivity index (χ3n) is 5.38. The number of fused-ring (bicyclic) bond motifs is 1. The molecule has 174 valence electrons. The number of aliphatic imine (C=N–C) groups is 1. The van der Waals surface area contributed by atoms with Crippen LogP contribution in [-0.2, 0) is 0 Å². The van der Waals surface area contributed by atoms with Crippen LogP contribution in [-0.4, -0.2) is 29.6 Å². The Balaban J connectivity index is 1.46. The van der Waals surface area contributed by atoms with Gasteiger partial charge in [0.2, 0.25) is 0 Å². The number of benzene rings is 2. The molecule has 0 unspecified atom stereocenters. The van der Waals surface area contributed by atoms with Crippen molar-refractivity contribution in [1.29, 1.82) is 0 Å². The van der Waals surface area contributed by atoms with Crippen molar-refractivity contribution in [2.45, 2.75) is 13.8 Å². The van der Waals surface area contributed by atoms with Crippen LogP contribution in [0.3, 0.4) is 0 Å². The van der Waals surface area contributed by atoms with Gasteiger partial charge in [-0.2, -0.15) is 4.98 Å². The minimum atomic E-state index is -0.348. The van der Waals surface area contributed by atoms with Crippen molar-refractivity contribution in [2.75, 3.05) is 17.7 Å². The van der Waals surface area contributed by atoms with Crippen molar-refractivity contribution in [3.05, 3.63) is 102 Å². The highest BCUT2D eigenvalue weighted by atomic mass is 16.2. The van der Waals surface area contributed by atoms with E-state index in [1.807, 2.05) is 74.5 Å². The van der Waals surface area contributed by atoms with Crippen LogP contribution >= 0.6 is 0 Å². The molecule has 35 heavy (non-hydrogen) atoms. The average molecular weight is 465 g/mol. The highest BCUT2D eigenvalue weighted by Gasteiger charge is 2.19. The SMILES string of the molecule is CN=C(C)/C=C\c1cccc(NC(=O)c2cccc(C(=O)Nc3ccc4nc(C)ccc4c3)[nH+]2)c1. The van der Waals surface area contributed by atoms with Gasteiger partial charge in [-0.1, -0.05) is 24.3 Å². The van der Waals surface area contributed by atoms with Crippen LogP contribution in [0, 0.1) is 6.92 Å². The largest absolute Gasteiger partial charge is 0.320 e. The monoisotopic (exact) mass is 464 g/mol. The number of pyridine rings is 2. The second-order valence-corrected chi connectivity index (χ2v) is 8.07. The van der Waals surface area contributed by atoms with Gasteiger partial charge in [0.15, 0.2) is 0 Å². The van der Waals surface area contributed by atoms with Crippen LogP contribution in [0.4, 0.5) is 11.4 Å². The molecule has 2 amide bonds. The first kappa shape index (κ1) is 23.5. The molecule has 7 heteroatoms. The Kier molecular flexibility index (Phi) is 7.07. The van der Waals surface area contributed by atoms with Gasteiger partial charge >= 0.3 is 11.8 Å². The molecule has 2 aromatic heterocycles. The Hall–Kier alpha value is -4.65. The zero-order chi connectivity index (χ0) is 24.8. The fourth-order valence-electron chi connectivity index (χ4n) is 3.45. The molecule has 4 rings (SSSR count). The summed E-state index contributed by atoms with van der Waals surface area (Å²) in [5.74, 6) is -0.696. The number of anilines is 2. The van der Waals surface area contributed by atoms with E-state index in [1.165, 1.54) is 0 Å². The Morgan fingerprint density at radius 2 is 1.57 bits per heavy atom. The summed E-state index contributed by atoms with van der Waals surface area (Å²) in [5, 5.41) is 6.67. The highest BCUT2D eigenvalue weighted by Crippen LogP contribution is 2.18. The van der Waals surface area contributed by atoms with Gasteiger partial charge in [-0.25, -0.2) is 0 Å². The van der Waals surface area contributed by atoms with Gasteiger partial charge < -0.3 is 10.6 Å². The van der Waals surface area contributed by atoms with Crippen molar-refractivity contribution in [1.82, 2.24) is 4.98 Å². The third kappa shape index (κ3) is 6.03. The lowest BCUT2D eigenvalue weighted by molar-refractivity contribution is -0.385. The lowest BCUT2D eigenvalue weighted by atomic mass is 10.1. The number of rotatable bonds is 6. The van der Waals surface area contributed by atoms with Gasteiger partial charge in [0, 0.05) is 47.3 Å². The molecule has 0 saturated carbocycles. The zero-order valence-electron chi connectivity index (χ0n) is 19.8. The smallest absolute Gasteiger partial charge is 0.317 e. The van der Waals surface area contributed by atoms with Crippen molar-refractivity contribution in [3.8, 4) is 0 Å². The molecule has 2 heterocycles. The number of amides is 2. The third-order valence-corrected chi connectivity index (χ3v) is 5.38. The first-order chi connectivity index (χ1) is 16.9. The normalized spacial score (nSPS) is 11.6. The van der Waals surface area contributed by atoms with Crippen molar-refractivity contribution >= 4 is 45.9 Å². The Morgan fingerprint density at radius 3 is 2.29 bits per heavy atom. The quantitative estimate of drug-likeness (QED) is 0.394. The van der Waals surface area contributed by atoms with E-state index < -0.39 is 0 Å². The zero-order valence-corrected chi connectivity index (χ0v) is 19.8. The number of allylic oxidation sites excluding steroid dienone is 1. The predicted molar refractivity (Wildman–Crippen MR) is 140 cm³/mol. The Labute approximate surface area is 203 Å². The Morgan fingerprint density at radius 1 is 0.886 bits per heavy atom. The summed E-state index contributed by atoms with van der Waals surface area (Å²) in [5.41, 5.74) is 5.46. The Bertz CT molecular complexity index is 1470. The van der Waals surface area contributed by atoms with Crippen molar-refractivity contribution < 1.29 is 14.6 Å². The molecule has 0 bridgehead atoms. The maximum atomic E-state index is 12.8. The maximum Gasteiger partial charge on any atom is 0.320 e. The number of carbonyl (C=O) groups excluding carboxylic acids is 2. The number of nitrogens with one attached hydrogen (secondary N) is 3. The van der Waals surface area contributed by atoms with Crippen LogP contribution in [0.15, 0.2) is 83.9 Å². The van der Waals surface area contributed by atoms with Crippen LogP contribution in [0.5, 0.6) is 0 Å². The van der Waals surface area contributed by atoms with E-state index in [-0.39, 0.29) is 23.2 Å². The summed E-state index contributed by atoms with van der Waals surface area (Å²) < 4.78 is 0. The van der Waals surface area contributed by atoms with Crippen LogP contribution in [0.1, 0.15) is 39.2 Å². The first-order valence-electron chi connectivity index (χ1n) is 11.2. The predicted octanol–water partition coefficient (Wildman–Crippen LogP) is 4.97. The molecule has 3 N–H and O–H groups in total. The molecular weight excluding hydrogens is 438 g/mol. The lowest BCUT2D eigenvalue weighted by Gasteiger charge is -2.06. The van der Waals surface area contributed by atoms with Crippen LogP contribution in [0.25, 0.3) is 17.0 Å². The molecule has 0 fully saturated rings. The van der Waals surface area contributed by atoms with Crippen LogP contribution in [0.2, 0.25) is 0 Å². The van der Waals surface area contributed by atoms with Gasteiger partial charge in [-0.05, 0) is 68.0 Å². The number of aryl methyl sites for hydroxylation is 1. The van der Waals surface area contributed by atoms with E-state index in [0.29, 0.717) is 11.4 Å². The summed E-state index contributed by atoms with van der Waals surface area (Å²) in [7, 11) is 1.74. The second-order valence-electron chi connectivity index (χ2n) is 8.07. The number of hydrogen-bond acceptors (Lipinski definition) is 4. The van der Waals surface area contributed by atoms with Gasteiger partial charge in [0.05, 0.1) is 5.52 Å². The molecule has 0 aliphatic heterocycles. The van der Waals surface area contributed by atoms with E-state index in [2.05, 4.69) is 25.6 Å². The first-order valence-corrected chi connectivity index (χ1v) is 11.2. The number of hydrogen-bond donors (Lipinski definition) is 2. The van der Waals surface area contributed by atoms with E-state index in [9.17, 15) is 9.59 Å². The second kappa shape index (κ2) is 10.5.